The summed E-state index contributed by atoms with van der Waals surface area (Å²) in [4.78, 5) is 13.5. The van der Waals surface area contributed by atoms with Crippen LogP contribution < -0.4 is 0 Å². The highest BCUT2D eigenvalue weighted by Crippen LogP contribution is 2.35. The zero-order valence-electron chi connectivity index (χ0n) is 13.6. The number of amides is 1. The Morgan fingerprint density at radius 1 is 1.26 bits per heavy atom. The number of benzene rings is 1. The summed E-state index contributed by atoms with van der Waals surface area (Å²) in [6.45, 7) is 6.08. The van der Waals surface area contributed by atoms with Gasteiger partial charge in [-0.05, 0) is 45.6 Å². The van der Waals surface area contributed by atoms with Gasteiger partial charge in [0.1, 0.15) is 23.4 Å². The molecule has 1 aliphatic heterocycles. The third-order valence-electron chi connectivity index (χ3n) is 3.86. The molecule has 1 amide bonds. The van der Waals surface area contributed by atoms with Gasteiger partial charge >= 0.3 is 6.09 Å². The molecule has 0 unspecified atom stereocenters. The van der Waals surface area contributed by atoms with Crippen LogP contribution in [0.3, 0.4) is 0 Å². The summed E-state index contributed by atoms with van der Waals surface area (Å²) in [5.74, 6) is -1.99. The van der Waals surface area contributed by atoms with Crippen molar-refractivity contribution in [3.05, 3.63) is 35.4 Å². The standard InChI is InChI=1S/C17H22F3NO2/c1-17(2,3)23-16(22)21-8-6-11(7-9-21)15(20)13-5-4-12(18)10-14(13)19/h4-5,10-11,15H,6-9H2,1-3H3/t15-/m0/s1. The predicted octanol–water partition coefficient (Wildman–Crippen LogP) is 4.62. The van der Waals surface area contributed by atoms with Gasteiger partial charge in [-0.25, -0.2) is 18.0 Å². The molecule has 0 spiro atoms. The molecule has 1 aromatic rings. The van der Waals surface area contributed by atoms with E-state index in [4.69, 9.17) is 4.74 Å². The van der Waals surface area contributed by atoms with Gasteiger partial charge in [0.15, 0.2) is 0 Å². The van der Waals surface area contributed by atoms with Crippen LogP contribution in [0.2, 0.25) is 0 Å². The Balaban J connectivity index is 1.95. The SMILES string of the molecule is CC(C)(C)OC(=O)N1CCC([C@H](F)c2ccc(F)cc2F)CC1. The van der Waals surface area contributed by atoms with E-state index < -0.39 is 35.4 Å². The number of piperidine rings is 1. The maximum atomic E-state index is 14.5. The van der Waals surface area contributed by atoms with Gasteiger partial charge in [0, 0.05) is 24.7 Å². The average molecular weight is 329 g/mol. The molecule has 0 N–H and O–H groups in total. The van der Waals surface area contributed by atoms with Gasteiger partial charge in [-0.15, -0.1) is 0 Å². The molecule has 1 saturated heterocycles. The van der Waals surface area contributed by atoms with Crippen LogP contribution in [0.15, 0.2) is 18.2 Å². The highest BCUT2D eigenvalue weighted by Gasteiger charge is 2.32. The van der Waals surface area contributed by atoms with E-state index in [2.05, 4.69) is 0 Å². The summed E-state index contributed by atoms with van der Waals surface area (Å²) in [7, 11) is 0. The summed E-state index contributed by atoms with van der Waals surface area (Å²) >= 11 is 0. The second-order valence-electron chi connectivity index (χ2n) is 6.87. The summed E-state index contributed by atoms with van der Waals surface area (Å²) in [6.07, 6.45) is -1.09. The summed E-state index contributed by atoms with van der Waals surface area (Å²) in [6, 6.07) is 2.90. The van der Waals surface area contributed by atoms with Crippen molar-refractivity contribution in [3.63, 3.8) is 0 Å². The smallest absolute Gasteiger partial charge is 0.410 e. The molecular formula is C17H22F3NO2. The van der Waals surface area contributed by atoms with Crippen molar-refractivity contribution in [2.45, 2.75) is 45.4 Å². The van der Waals surface area contributed by atoms with Gasteiger partial charge in [-0.2, -0.15) is 0 Å². The quantitative estimate of drug-likeness (QED) is 0.792. The number of carbonyl (C=O) groups excluding carboxylic acids is 1. The Hall–Kier alpha value is -1.72. The van der Waals surface area contributed by atoms with Crippen molar-refractivity contribution in [1.82, 2.24) is 4.90 Å². The zero-order chi connectivity index (χ0) is 17.2. The monoisotopic (exact) mass is 329 g/mol. The first-order valence-corrected chi connectivity index (χ1v) is 7.74. The minimum Gasteiger partial charge on any atom is -0.444 e. The van der Waals surface area contributed by atoms with Crippen molar-refractivity contribution in [1.29, 1.82) is 0 Å². The Morgan fingerprint density at radius 2 is 1.87 bits per heavy atom. The van der Waals surface area contributed by atoms with Crippen LogP contribution in [0, 0.1) is 17.6 Å². The molecule has 3 nitrogen and oxygen atoms in total. The van der Waals surface area contributed by atoms with Gasteiger partial charge in [-0.1, -0.05) is 6.07 Å². The summed E-state index contributed by atoms with van der Waals surface area (Å²) in [5.41, 5.74) is -0.699. The van der Waals surface area contributed by atoms with Crippen molar-refractivity contribution in [3.8, 4) is 0 Å². The molecule has 1 heterocycles. The average Bonchev–Trinajstić information content (AvgIpc) is 2.45. The maximum Gasteiger partial charge on any atom is 0.410 e. The molecule has 128 valence electrons. The number of alkyl halides is 1. The fourth-order valence-corrected chi connectivity index (χ4v) is 2.68. The second kappa shape index (κ2) is 6.81. The van der Waals surface area contributed by atoms with Crippen molar-refractivity contribution < 1.29 is 22.7 Å². The van der Waals surface area contributed by atoms with Crippen LogP contribution >= 0.6 is 0 Å². The first kappa shape index (κ1) is 17.6. The van der Waals surface area contributed by atoms with E-state index in [-0.39, 0.29) is 5.56 Å². The number of rotatable bonds is 2. The number of carbonyl (C=O) groups is 1. The molecule has 0 saturated carbocycles. The highest BCUT2D eigenvalue weighted by atomic mass is 19.1. The van der Waals surface area contributed by atoms with E-state index in [0.717, 1.165) is 12.1 Å². The van der Waals surface area contributed by atoms with E-state index in [0.29, 0.717) is 32.0 Å². The van der Waals surface area contributed by atoms with Crippen LogP contribution in [0.25, 0.3) is 0 Å². The fraction of sp³-hybridized carbons (Fsp3) is 0.588. The lowest BCUT2D eigenvalue weighted by Crippen LogP contribution is -2.42. The Bertz CT molecular complexity index is 563. The molecule has 0 aliphatic carbocycles. The molecule has 1 atom stereocenters. The Labute approximate surface area is 134 Å². The van der Waals surface area contributed by atoms with Crippen molar-refractivity contribution >= 4 is 6.09 Å². The summed E-state index contributed by atoms with van der Waals surface area (Å²) in [5, 5.41) is 0. The molecule has 1 aliphatic rings. The summed E-state index contributed by atoms with van der Waals surface area (Å²) < 4.78 is 46.4. The Kier molecular flexibility index (Phi) is 5.22. The van der Waals surface area contributed by atoms with Crippen LogP contribution in [0.1, 0.15) is 45.3 Å². The van der Waals surface area contributed by atoms with E-state index in [1.165, 1.54) is 4.90 Å². The van der Waals surface area contributed by atoms with Gasteiger partial charge in [-0.3, -0.25) is 0 Å². The van der Waals surface area contributed by atoms with Crippen LogP contribution in [-0.2, 0) is 4.74 Å². The number of hydrogen-bond donors (Lipinski definition) is 0. The molecule has 1 fully saturated rings. The minimum absolute atomic E-state index is 0.123. The lowest BCUT2D eigenvalue weighted by Gasteiger charge is -2.34. The van der Waals surface area contributed by atoms with Crippen LogP contribution in [0.4, 0.5) is 18.0 Å². The van der Waals surface area contributed by atoms with Gasteiger partial charge in [0.25, 0.3) is 0 Å². The minimum atomic E-state index is -1.50. The normalized spacial score (nSPS) is 17.9. The topological polar surface area (TPSA) is 29.5 Å². The van der Waals surface area contributed by atoms with Crippen molar-refractivity contribution in [2.24, 2.45) is 5.92 Å². The van der Waals surface area contributed by atoms with Crippen LogP contribution in [0.5, 0.6) is 0 Å². The maximum absolute atomic E-state index is 14.5. The molecule has 23 heavy (non-hydrogen) atoms. The van der Waals surface area contributed by atoms with Crippen LogP contribution in [-0.4, -0.2) is 29.7 Å². The number of ether oxygens (including phenoxy) is 1. The number of hydrogen-bond acceptors (Lipinski definition) is 2. The third-order valence-corrected chi connectivity index (χ3v) is 3.86. The van der Waals surface area contributed by atoms with E-state index in [1.54, 1.807) is 20.8 Å². The first-order valence-electron chi connectivity index (χ1n) is 7.74. The second-order valence-corrected chi connectivity index (χ2v) is 6.87. The zero-order valence-corrected chi connectivity index (χ0v) is 13.6. The number of nitrogens with zero attached hydrogens (tertiary/aromatic N) is 1. The Morgan fingerprint density at radius 3 is 2.39 bits per heavy atom. The molecule has 6 heteroatoms. The first-order chi connectivity index (χ1) is 10.7. The lowest BCUT2D eigenvalue weighted by atomic mass is 9.88. The molecule has 2 rings (SSSR count). The van der Waals surface area contributed by atoms with E-state index in [9.17, 15) is 18.0 Å². The van der Waals surface area contributed by atoms with E-state index >= 15 is 0 Å². The van der Waals surface area contributed by atoms with Crippen molar-refractivity contribution in [2.75, 3.05) is 13.1 Å². The molecular weight excluding hydrogens is 307 g/mol. The lowest BCUT2D eigenvalue weighted by molar-refractivity contribution is 0.0142. The highest BCUT2D eigenvalue weighted by molar-refractivity contribution is 5.68. The molecule has 0 radical (unpaired) electrons. The largest absolute Gasteiger partial charge is 0.444 e. The molecule has 0 aromatic heterocycles. The number of likely N-dealkylation sites (tertiary alicyclic amines) is 1. The third kappa shape index (κ3) is 4.62. The predicted molar refractivity (Wildman–Crippen MR) is 80.7 cm³/mol. The molecule has 1 aromatic carbocycles. The fourth-order valence-electron chi connectivity index (χ4n) is 2.68. The van der Waals surface area contributed by atoms with E-state index in [1.807, 2.05) is 0 Å². The van der Waals surface area contributed by atoms with Gasteiger partial charge in [0.05, 0.1) is 0 Å². The molecule has 0 bridgehead atoms. The van der Waals surface area contributed by atoms with Gasteiger partial charge in [0.2, 0.25) is 0 Å². The number of halogens is 3. The van der Waals surface area contributed by atoms with Gasteiger partial charge < -0.3 is 9.64 Å².